The minimum absolute atomic E-state index is 0.199. The Kier molecular flexibility index (Phi) is 2.54. The summed E-state index contributed by atoms with van der Waals surface area (Å²) in [7, 11) is 1.72. The first-order valence-corrected chi connectivity index (χ1v) is 6.24. The van der Waals surface area contributed by atoms with E-state index in [0.29, 0.717) is 18.4 Å². The molecule has 1 N–H and O–H groups in total. The van der Waals surface area contributed by atoms with Crippen molar-refractivity contribution in [2.45, 2.75) is 37.6 Å². The van der Waals surface area contributed by atoms with Crippen LogP contribution in [0, 0.1) is 0 Å². The monoisotopic (exact) mass is 231 g/mol. The third-order valence-electron chi connectivity index (χ3n) is 3.99. The van der Waals surface area contributed by atoms with Crippen molar-refractivity contribution in [3.05, 3.63) is 29.3 Å². The molecule has 2 aliphatic rings. The highest BCUT2D eigenvalue weighted by Gasteiger charge is 2.35. The molecule has 1 amide bonds. The lowest BCUT2D eigenvalue weighted by Gasteiger charge is -2.38. The maximum atomic E-state index is 11.4. The molecule has 0 spiro atoms. The summed E-state index contributed by atoms with van der Waals surface area (Å²) in [6.45, 7) is 0. The number of nitrogens with one attached hydrogen (secondary N) is 1. The van der Waals surface area contributed by atoms with Gasteiger partial charge in [-0.25, -0.2) is 0 Å². The molecule has 1 aromatic rings. The third kappa shape index (κ3) is 1.70. The first-order chi connectivity index (χ1) is 8.29. The van der Waals surface area contributed by atoms with Crippen LogP contribution in [-0.4, -0.2) is 19.1 Å². The number of rotatable bonds is 1. The predicted octanol–water partition coefficient (Wildman–Crippen LogP) is 2.00. The van der Waals surface area contributed by atoms with Crippen molar-refractivity contribution in [2.75, 3.05) is 7.11 Å². The lowest BCUT2D eigenvalue weighted by atomic mass is 9.74. The Labute approximate surface area is 101 Å². The average molecular weight is 231 g/mol. The van der Waals surface area contributed by atoms with E-state index in [1.807, 2.05) is 6.07 Å². The molecule has 0 radical (unpaired) electrons. The number of carbonyl (C=O) groups is 1. The van der Waals surface area contributed by atoms with Crippen LogP contribution in [0.5, 0.6) is 5.75 Å². The fourth-order valence-corrected chi connectivity index (χ4v) is 3.20. The maximum absolute atomic E-state index is 11.4. The number of methoxy groups -OCH3 is 1. The molecule has 1 fully saturated rings. The van der Waals surface area contributed by atoms with Crippen molar-refractivity contribution in [3.63, 3.8) is 0 Å². The zero-order chi connectivity index (χ0) is 11.8. The van der Waals surface area contributed by atoms with Crippen LogP contribution >= 0.6 is 0 Å². The first-order valence-electron chi connectivity index (χ1n) is 6.24. The Morgan fingerprint density at radius 2 is 2.18 bits per heavy atom. The van der Waals surface area contributed by atoms with E-state index in [2.05, 4.69) is 17.4 Å². The van der Waals surface area contributed by atoms with Gasteiger partial charge in [-0.15, -0.1) is 0 Å². The lowest BCUT2D eigenvalue weighted by molar-refractivity contribution is -0.123. The fraction of sp³-hybridized carbons (Fsp3) is 0.500. The normalized spacial score (nSPS) is 26.8. The number of piperidine rings is 1. The van der Waals surface area contributed by atoms with Crippen molar-refractivity contribution in [3.8, 4) is 5.75 Å². The van der Waals surface area contributed by atoms with E-state index in [9.17, 15) is 4.79 Å². The number of hydrogen-bond acceptors (Lipinski definition) is 2. The molecule has 0 unspecified atom stereocenters. The van der Waals surface area contributed by atoms with E-state index < -0.39 is 0 Å². The van der Waals surface area contributed by atoms with Gasteiger partial charge in [-0.2, -0.15) is 0 Å². The van der Waals surface area contributed by atoms with Crippen molar-refractivity contribution >= 4 is 5.91 Å². The molecule has 3 nitrogen and oxygen atoms in total. The summed E-state index contributed by atoms with van der Waals surface area (Å²) in [5, 5.41) is 3.12. The van der Waals surface area contributed by atoms with Crippen LogP contribution in [-0.2, 0) is 11.2 Å². The maximum Gasteiger partial charge on any atom is 0.220 e. The van der Waals surface area contributed by atoms with Crippen LogP contribution in [0.3, 0.4) is 0 Å². The summed E-state index contributed by atoms with van der Waals surface area (Å²) in [4.78, 5) is 11.4. The summed E-state index contributed by atoms with van der Waals surface area (Å²) < 4.78 is 5.48. The van der Waals surface area contributed by atoms with Crippen molar-refractivity contribution in [1.82, 2.24) is 5.32 Å². The standard InChI is InChI=1S/C14H17NO2/c1-17-12-4-2-3-9-5-7-11-10(14(9)12)6-8-13(16)15-11/h2-4,10-11H,5-8H2,1H3,(H,15,16)/t10-,11+/m1/s1. The van der Waals surface area contributed by atoms with Gasteiger partial charge in [-0.05, 0) is 30.9 Å². The van der Waals surface area contributed by atoms with E-state index in [1.165, 1.54) is 11.1 Å². The quantitative estimate of drug-likeness (QED) is 0.803. The second-order valence-corrected chi connectivity index (χ2v) is 4.89. The van der Waals surface area contributed by atoms with Crippen molar-refractivity contribution in [2.24, 2.45) is 0 Å². The highest BCUT2D eigenvalue weighted by Crippen LogP contribution is 2.41. The second kappa shape index (κ2) is 4.06. The van der Waals surface area contributed by atoms with E-state index in [1.54, 1.807) is 7.11 Å². The van der Waals surface area contributed by atoms with Gasteiger partial charge in [0.05, 0.1) is 7.11 Å². The SMILES string of the molecule is COc1cccc2c1[C@@H]1CCC(=O)N[C@H]1CC2. The Balaban J connectivity index is 2.02. The Morgan fingerprint density at radius 1 is 1.29 bits per heavy atom. The molecule has 1 aliphatic heterocycles. The summed E-state index contributed by atoms with van der Waals surface area (Å²) in [5.41, 5.74) is 2.72. The average Bonchev–Trinajstić information content (AvgIpc) is 2.37. The first kappa shape index (κ1) is 10.6. The zero-order valence-corrected chi connectivity index (χ0v) is 10.0. The van der Waals surface area contributed by atoms with E-state index in [0.717, 1.165) is 25.0 Å². The molecule has 1 heterocycles. The number of benzene rings is 1. The molecular formula is C14H17NO2. The molecule has 90 valence electrons. The number of amides is 1. The topological polar surface area (TPSA) is 38.3 Å². The summed E-state index contributed by atoms with van der Waals surface area (Å²) in [6, 6.07) is 6.57. The van der Waals surface area contributed by atoms with Crippen LogP contribution in [0.1, 0.15) is 36.3 Å². The second-order valence-electron chi connectivity index (χ2n) is 4.89. The number of fused-ring (bicyclic) bond motifs is 3. The van der Waals surface area contributed by atoms with Gasteiger partial charge in [0.25, 0.3) is 0 Å². The van der Waals surface area contributed by atoms with Crippen molar-refractivity contribution < 1.29 is 9.53 Å². The van der Waals surface area contributed by atoms with Gasteiger partial charge < -0.3 is 10.1 Å². The van der Waals surface area contributed by atoms with Crippen LogP contribution in [0.15, 0.2) is 18.2 Å². The minimum atomic E-state index is 0.199. The molecule has 3 rings (SSSR count). The van der Waals surface area contributed by atoms with E-state index >= 15 is 0 Å². The lowest BCUT2D eigenvalue weighted by Crippen LogP contribution is -2.46. The summed E-state index contributed by atoms with van der Waals surface area (Å²) >= 11 is 0. The largest absolute Gasteiger partial charge is 0.496 e. The molecule has 1 saturated heterocycles. The Hall–Kier alpha value is -1.51. The van der Waals surface area contributed by atoms with E-state index in [4.69, 9.17) is 4.74 Å². The molecule has 3 heteroatoms. The third-order valence-corrected chi connectivity index (χ3v) is 3.99. The molecule has 1 aromatic carbocycles. The van der Waals surface area contributed by atoms with Crippen LogP contribution < -0.4 is 10.1 Å². The smallest absolute Gasteiger partial charge is 0.220 e. The summed E-state index contributed by atoms with van der Waals surface area (Å²) in [6.07, 6.45) is 3.67. The Morgan fingerprint density at radius 3 is 3.00 bits per heavy atom. The summed E-state index contributed by atoms with van der Waals surface area (Å²) in [5.74, 6) is 1.62. The number of carbonyl (C=O) groups excluding carboxylic acids is 1. The van der Waals surface area contributed by atoms with Crippen LogP contribution in [0.4, 0.5) is 0 Å². The molecule has 1 aliphatic carbocycles. The molecule has 0 saturated carbocycles. The van der Waals surface area contributed by atoms with E-state index in [-0.39, 0.29) is 5.91 Å². The van der Waals surface area contributed by atoms with Gasteiger partial charge >= 0.3 is 0 Å². The number of hydrogen-bond donors (Lipinski definition) is 1. The highest BCUT2D eigenvalue weighted by atomic mass is 16.5. The van der Waals surface area contributed by atoms with Crippen LogP contribution in [0.25, 0.3) is 0 Å². The molecule has 0 bridgehead atoms. The minimum Gasteiger partial charge on any atom is -0.496 e. The predicted molar refractivity (Wildman–Crippen MR) is 65.2 cm³/mol. The van der Waals surface area contributed by atoms with Crippen molar-refractivity contribution in [1.29, 1.82) is 0 Å². The van der Waals surface area contributed by atoms with Crippen LogP contribution in [0.2, 0.25) is 0 Å². The van der Waals surface area contributed by atoms with Gasteiger partial charge in [0, 0.05) is 23.9 Å². The van der Waals surface area contributed by atoms with Gasteiger partial charge in [0.2, 0.25) is 5.91 Å². The molecular weight excluding hydrogens is 214 g/mol. The number of aryl methyl sites for hydroxylation is 1. The molecule has 0 aromatic heterocycles. The number of ether oxygens (including phenoxy) is 1. The zero-order valence-electron chi connectivity index (χ0n) is 10.0. The molecule has 17 heavy (non-hydrogen) atoms. The highest BCUT2D eigenvalue weighted by molar-refractivity contribution is 5.77. The Bertz CT molecular complexity index is 441. The van der Waals surface area contributed by atoms with Gasteiger partial charge in [0.15, 0.2) is 0 Å². The molecule has 2 atom stereocenters. The fourth-order valence-electron chi connectivity index (χ4n) is 3.20. The van der Waals surface area contributed by atoms with Gasteiger partial charge in [0.1, 0.15) is 5.75 Å². The van der Waals surface area contributed by atoms with Gasteiger partial charge in [-0.3, -0.25) is 4.79 Å². The van der Waals surface area contributed by atoms with Gasteiger partial charge in [-0.1, -0.05) is 12.1 Å².